The Hall–Kier alpha value is -8.93. The number of fused-ring (bicyclic) bond motifs is 1. The van der Waals surface area contributed by atoms with Crippen molar-refractivity contribution < 1.29 is 4.74 Å². The molecule has 0 spiro atoms. The SMILES string of the molecule is Cc1cc(-c2ccccc2)ncc1-c1ccccc1-c1cc(-c2ccccc2-c2ccc(C(/C=C\N)=C3/COc4ccccc43)nc2)cc(-c2ccccc2-c2cnc(-c3ccccc3)cc2C)c1. The number of hydrogen-bond acceptors (Lipinski definition) is 5. The van der Waals surface area contributed by atoms with Crippen LogP contribution >= 0.6 is 0 Å². The molecule has 330 valence electrons. The summed E-state index contributed by atoms with van der Waals surface area (Å²) in [6.07, 6.45) is 9.52. The van der Waals surface area contributed by atoms with E-state index in [0.717, 1.165) is 129 Å². The summed E-state index contributed by atoms with van der Waals surface area (Å²) in [5, 5.41) is 0. The zero-order chi connectivity index (χ0) is 46.7. The molecule has 11 rings (SSSR count). The zero-order valence-corrected chi connectivity index (χ0v) is 38.5. The summed E-state index contributed by atoms with van der Waals surface area (Å²) in [6.45, 7) is 4.82. The topological polar surface area (TPSA) is 73.9 Å². The van der Waals surface area contributed by atoms with Crippen molar-refractivity contribution in [3.63, 3.8) is 0 Å². The Morgan fingerprint density at radius 2 is 0.841 bits per heavy atom. The molecule has 5 nitrogen and oxygen atoms in total. The molecule has 7 aromatic carbocycles. The van der Waals surface area contributed by atoms with Crippen LogP contribution in [0.25, 0.3) is 100 Å². The fraction of sp³-hybridized carbons (Fsp3) is 0.0469. The second kappa shape index (κ2) is 18.8. The molecule has 0 bridgehead atoms. The van der Waals surface area contributed by atoms with Gasteiger partial charge in [-0.3, -0.25) is 15.0 Å². The van der Waals surface area contributed by atoms with Crippen molar-refractivity contribution in [2.45, 2.75) is 13.8 Å². The highest BCUT2D eigenvalue weighted by Crippen LogP contribution is 2.44. The molecule has 2 N–H and O–H groups in total. The van der Waals surface area contributed by atoms with E-state index < -0.39 is 0 Å². The number of ether oxygens (including phenoxy) is 1. The normalized spacial score (nSPS) is 12.7. The number of hydrogen-bond donors (Lipinski definition) is 1. The van der Waals surface area contributed by atoms with Crippen LogP contribution in [0.5, 0.6) is 5.75 Å². The number of benzene rings is 7. The van der Waals surface area contributed by atoms with E-state index in [2.05, 4.69) is 184 Å². The van der Waals surface area contributed by atoms with Crippen molar-refractivity contribution in [3.05, 3.63) is 253 Å². The minimum absolute atomic E-state index is 0.459. The lowest BCUT2D eigenvalue weighted by Crippen LogP contribution is -1.97. The number of aromatic nitrogens is 3. The summed E-state index contributed by atoms with van der Waals surface area (Å²) < 4.78 is 6.05. The number of para-hydroxylation sites is 1. The van der Waals surface area contributed by atoms with Crippen LogP contribution < -0.4 is 10.5 Å². The molecule has 0 unspecified atom stereocenters. The Balaban J connectivity index is 1.06. The number of nitrogens with zero attached hydrogens (tertiary/aromatic N) is 3. The highest BCUT2D eigenvalue weighted by molar-refractivity contribution is 5.99. The van der Waals surface area contributed by atoms with Crippen LogP contribution in [0.1, 0.15) is 22.4 Å². The molecule has 0 saturated carbocycles. The van der Waals surface area contributed by atoms with Gasteiger partial charge in [-0.25, -0.2) is 0 Å². The molecule has 5 heteroatoms. The molecule has 1 aliphatic rings. The van der Waals surface area contributed by atoms with Gasteiger partial charge in [0.2, 0.25) is 0 Å². The zero-order valence-electron chi connectivity index (χ0n) is 38.5. The largest absolute Gasteiger partial charge is 0.488 e. The van der Waals surface area contributed by atoms with Gasteiger partial charge in [0.1, 0.15) is 12.4 Å². The first-order valence-electron chi connectivity index (χ1n) is 23.3. The molecule has 0 atom stereocenters. The lowest BCUT2D eigenvalue weighted by molar-refractivity contribution is 0.388. The third-order valence-corrected chi connectivity index (χ3v) is 13.1. The van der Waals surface area contributed by atoms with Crippen LogP contribution in [0.4, 0.5) is 0 Å². The van der Waals surface area contributed by atoms with Gasteiger partial charge in [0, 0.05) is 63.1 Å². The fourth-order valence-corrected chi connectivity index (χ4v) is 9.67. The van der Waals surface area contributed by atoms with E-state index in [4.69, 9.17) is 25.4 Å². The van der Waals surface area contributed by atoms with Gasteiger partial charge in [-0.1, -0.05) is 158 Å². The first-order valence-corrected chi connectivity index (χ1v) is 23.3. The van der Waals surface area contributed by atoms with E-state index in [1.165, 1.54) is 0 Å². The van der Waals surface area contributed by atoms with Crippen molar-refractivity contribution in [3.8, 4) is 95.0 Å². The standard InChI is InChI=1S/C64H48N4O/c1-42-33-62(44-17-5-3-6-18-44)67-39-58(42)54-25-13-11-23-52(54)48-35-47(36-49(37-48)53-24-12-14-26-55(53)59-40-68-63(34-43(59)2)45-19-7-4-8-20-45)51-22-10-9-21-50(51)46-29-30-61(66-38-46)56(31-32-65)60-41-69-64-28-16-15-27-57(60)64/h3-40H,41,65H2,1-2H3/b32-31-,60-56-. The van der Waals surface area contributed by atoms with Crippen LogP contribution in [0.2, 0.25) is 0 Å². The summed E-state index contributed by atoms with van der Waals surface area (Å²) in [4.78, 5) is 15.1. The molecule has 4 heterocycles. The third kappa shape index (κ3) is 8.43. The van der Waals surface area contributed by atoms with E-state index in [0.29, 0.717) is 6.61 Å². The third-order valence-electron chi connectivity index (χ3n) is 13.1. The van der Waals surface area contributed by atoms with Gasteiger partial charge in [0.25, 0.3) is 0 Å². The average molecular weight is 889 g/mol. The molecule has 0 amide bonds. The summed E-state index contributed by atoms with van der Waals surface area (Å²) >= 11 is 0. The van der Waals surface area contributed by atoms with Crippen LogP contribution in [0.15, 0.2) is 231 Å². The molecular formula is C64H48N4O. The quantitative estimate of drug-likeness (QED) is 0.148. The highest BCUT2D eigenvalue weighted by Gasteiger charge is 2.22. The predicted molar refractivity (Wildman–Crippen MR) is 285 cm³/mol. The Morgan fingerprint density at radius 3 is 1.30 bits per heavy atom. The van der Waals surface area contributed by atoms with E-state index in [1.807, 2.05) is 55.0 Å². The van der Waals surface area contributed by atoms with E-state index in [-0.39, 0.29) is 0 Å². The Bertz CT molecular complexity index is 3430. The maximum atomic E-state index is 6.05. The minimum Gasteiger partial charge on any atom is -0.488 e. The Labute approximate surface area is 403 Å². The van der Waals surface area contributed by atoms with E-state index in [9.17, 15) is 0 Å². The van der Waals surface area contributed by atoms with Crippen molar-refractivity contribution in [1.82, 2.24) is 15.0 Å². The van der Waals surface area contributed by atoms with E-state index in [1.54, 1.807) is 6.20 Å². The molecule has 1 aliphatic heterocycles. The maximum absolute atomic E-state index is 6.05. The monoisotopic (exact) mass is 888 g/mol. The second-order valence-corrected chi connectivity index (χ2v) is 17.4. The minimum atomic E-state index is 0.459. The summed E-state index contributed by atoms with van der Waals surface area (Å²) in [7, 11) is 0. The molecule has 0 fully saturated rings. The van der Waals surface area contributed by atoms with Gasteiger partial charge in [0.05, 0.1) is 17.1 Å². The molecular weight excluding hydrogens is 841 g/mol. The van der Waals surface area contributed by atoms with Crippen molar-refractivity contribution >= 4 is 11.1 Å². The highest BCUT2D eigenvalue weighted by atomic mass is 16.5. The van der Waals surface area contributed by atoms with Crippen LogP contribution in [-0.4, -0.2) is 21.6 Å². The molecule has 10 aromatic rings. The van der Waals surface area contributed by atoms with Crippen molar-refractivity contribution in [2.75, 3.05) is 6.61 Å². The molecule has 0 radical (unpaired) electrons. The van der Waals surface area contributed by atoms with Gasteiger partial charge in [-0.05, 0) is 130 Å². The second-order valence-electron chi connectivity index (χ2n) is 17.4. The molecule has 3 aromatic heterocycles. The first-order chi connectivity index (χ1) is 34.0. The van der Waals surface area contributed by atoms with Crippen LogP contribution in [0, 0.1) is 13.8 Å². The van der Waals surface area contributed by atoms with Gasteiger partial charge in [0.15, 0.2) is 0 Å². The molecule has 0 saturated heterocycles. The number of rotatable bonds is 10. The number of aryl methyl sites for hydroxylation is 2. The number of nitrogens with two attached hydrogens (primary N) is 1. The van der Waals surface area contributed by atoms with Gasteiger partial charge in [-0.15, -0.1) is 0 Å². The summed E-state index contributed by atoms with van der Waals surface area (Å²) in [5.41, 5.74) is 29.5. The van der Waals surface area contributed by atoms with E-state index >= 15 is 0 Å². The van der Waals surface area contributed by atoms with Gasteiger partial charge < -0.3 is 10.5 Å². The first kappa shape index (κ1) is 42.7. The summed E-state index contributed by atoms with van der Waals surface area (Å²) in [6, 6.07) is 70.5. The Morgan fingerprint density at radius 1 is 0.406 bits per heavy atom. The smallest absolute Gasteiger partial charge is 0.127 e. The van der Waals surface area contributed by atoms with Crippen molar-refractivity contribution in [1.29, 1.82) is 0 Å². The molecule has 69 heavy (non-hydrogen) atoms. The van der Waals surface area contributed by atoms with Gasteiger partial charge in [-0.2, -0.15) is 0 Å². The number of pyridine rings is 3. The predicted octanol–water partition coefficient (Wildman–Crippen LogP) is 15.6. The average Bonchev–Trinajstić information content (AvgIpc) is 3.84. The Kier molecular flexibility index (Phi) is 11.6. The number of allylic oxidation sites excluding steroid dienone is 2. The lowest BCUT2D eigenvalue weighted by Gasteiger charge is -2.19. The molecule has 0 aliphatic carbocycles. The van der Waals surface area contributed by atoms with Crippen molar-refractivity contribution in [2.24, 2.45) is 5.73 Å². The van der Waals surface area contributed by atoms with Crippen LogP contribution in [0.3, 0.4) is 0 Å². The van der Waals surface area contributed by atoms with Crippen LogP contribution in [-0.2, 0) is 0 Å². The fourth-order valence-electron chi connectivity index (χ4n) is 9.67. The van der Waals surface area contributed by atoms with Gasteiger partial charge >= 0.3 is 0 Å². The lowest BCUT2D eigenvalue weighted by atomic mass is 9.86. The summed E-state index contributed by atoms with van der Waals surface area (Å²) in [5.74, 6) is 0.869. The maximum Gasteiger partial charge on any atom is 0.127 e.